The van der Waals surface area contributed by atoms with Crippen molar-refractivity contribution in [2.45, 2.75) is 38.6 Å². The third kappa shape index (κ3) is 5.48. The van der Waals surface area contributed by atoms with Gasteiger partial charge in [0.05, 0.1) is 13.2 Å². The van der Waals surface area contributed by atoms with Gasteiger partial charge in [0.15, 0.2) is 5.78 Å². The molecule has 160 valence electrons. The first-order valence-electron chi connectivity index (χ1n) is 10.7. The molecule has 0 aliphatic carbocycles. The Morgan fingerprint density at radius 3 is 2.27 bits per heavy atom. The minimum absolute atomic E-state index is 0.0167. The molecule has 0 bridgehead atoms. The van der Waals surface area contributed by atoms with Crippen LogP contribution in [0.1, 0.15) is 48.5 Å². The Bertz CT molecular complexity index is 827. The Morgan fingerprint density at radius 1 is 1.03 bits per heavy atom. The molecule has 1 heterocycles. The molecule has 2 atom stereocenters. The molecule has 0 spiro atoms. The third-order valence-electron chi connectivity index (χ3n) is 6.15. The number of rotatable bonds is 8. The first-order valence-corrected chi connectivity index (χ1v) is 10.7. The van der Waals surface area contributed by atoms with E-state index < -0.39 is 0 Å². The lowest BCUT2D eigenvalue weighted by Gasteiger charge is -2.35. The smallest absolute Gasteiger partial charge is 0.237 e. The average Bonchev–Trinajstić information content (AvgIpc) is 2.82. The molecule has 2 aromatic rings. The van der Waals surface area contributed by atoms with E-state index in [4.69, 9.17) is 4.74 Å². The molecule has 0 saturated carbocycles. The number of benzene rings is 2. The molecule has 1 N–H and O–H groups in total. The van der Waals surface area contributed by atoms with Crippen LogP contribution in [0.25, 0.3) is 0 Å². The van der Waals surface area contributed by atoms with Crippen molar-refractivity contribution in [1.29, 1.82) is 0 Å². The average molecular weight is 409 g/mol. The zero-order valence-corrected chi connectivity index (χ0v) is 18.1. The number of piperidine rings is 1. The zero-order chi connectivity index (χ0) is 21.5. The summed E-state index contributed by atoms with van der Waals surface area (Å²) in [5, 5.41) is 3.09. The van der Waals surface area contributed by atoms with Gasteiger partial charge in [-0.05, 0) is 68.6 Å². The van der Waals surface area contributed by atoms with E-state index in [2.05, 4.69) is 29.3 Å². The van der Waals surface area contributed by atoms with Crippen LogP contribution >= 0.6 is 0 Å². The quantitative estimate of drug-likeness (QED) is 0.673. The molecule has 5 nitrogen and oxygen atoms in total. The fourth-order valence-electron chi connectivity index (χ4n) is 4.01. The van der Waals surface area contributed by atoms with Crippen LogP contribution < -0.4 is 10.1 Å². The van der Waals surface area contributed by atoms with Crippen molar-refractivity contribution < 1.29 is 14.3 Å². The highest BCUT2D eigenvalue weighted by molar-refractivity contribution is 5.98. The predicted molar refractivity (Wildman–Crippen MR) is 119 cm³/mol. The van der Waals surface area contributed by atoms with Crippen molar-refractivity contribution in [3.8, 4) is 5.75 Å². The molecule has 1 amide bonds. The largest absolute Gasteiger partial charge is 0.497 e. The van der Waals surface area contributed by atoms with Crippen LogP contribution in [0.3, 0.4) is 0 Å². The van der Waals surface area contributed by atoms with Crippen LogP contribution in [-0.4, -0.2) is 49.4 Å². The van der Waals surface area contributed by atoms with Gasteiger partial charge in [0.1, 0.15) is 5.75 Å². The van der Waals surface area contributed by atoms with Crippen molar-refractivity contribution in [3.05, 3.63) is 65.7 Å². The van der Waals surface area contributed by atoms with E-state index in [9.17, 15) is 9.59 Å². The van der Waals surface area contributed by atoms with Crippen LogP contribution in [0.15, 0.2) is 54.6 Å². The minimum Gasteiger partial charge on any atom is -0.497 e. The third-order valence-corrected chi connectivity index (χ3v) is 6.15. The molecule has 2 aromatic carbocycles. The molecule has 0 unspecified atom stereocenters. The van der Waals surface area contributed by atoms with Gasteiger partial charge in [-0.1, -0.05) is 37.3 Å². The van der Waals surface area contributed by atoms with Gasteiger partial charge < -0.3 is 10.1 Å². The molecule has 5 heteroatoms. The summed E-state index contributed by atoms with van der Waals surface area (Å²) in [6.45, 7) is 6.22. The molecule has 1 aliphatic rings. The molecule has 30 heavy (non-hydrogen) atoms. The number of nitrogens with one attached hydrogen (secondary N) is 1. The molecule has 1 fully saturated rings. The Kier molecular flexibility index (Phi) is 7.63. The van der Waals surface area contributed by atoms with Gasteiger partial charge in [-0.25, -0.2) is 0 Å². The highest BCUT2D eigenvalue weighted by Crippen LogP contribution is 2.24. The highest BCUT2D eigenvalue weighted by Gasteiger charge is 2.30. The molecule has 3 rings (SSSR count). The fourth-order valence-corrected chi connectivity index (χ4v) is 4.01. The normalized spacial score (nSPS) is 17.2. The van der Waals surface area contributed by atoms with Gasteiger partial charge in [0, 0.05) is 18.0 Å². The summed E-state index contributed by atoms with van der Waals surface area (Å²) in [5.74, 6) is 1.28. The van der Waals surface area contributed by atoms with Gasteiger partial charge >= 0.3 is 0 Å². The Morgan fingerprint density at radius 2 is 1.67 bits per heavy atom. The van der Waals surface area contributed by atoms with Crippen LogP contribution in [-0.2, 0) is 4.79 Å². The number of ketones is 1. The summed E-state index contributed by atoms with van der Waals surface area (Å²) in [5.41, 5.74) is 1.96. The van der Waals surface area contributed by atoms with Gasteiger partial charge in [0.2, 0.25) is 5.91 Å². The van der Waals surface area contributed by atoms with E-state index in [1.54, 1.807) is 7.11 Å². The Hall–Kier alpha value is -2.66. The number of hydrogen-bond donors (Lipinski definition) is 1. The van der Waals surface area contributed by atoms with E-state index in [0.29, 0.717) is 6.54 Å². The number of likely N-dealkylation sites (tertiary alicyclic amines) is 1. The maximum absolute atomic E-state index is 12.8. The molecule has 0 radical (unpaired) electrons. The monoisotopic (exact) mass is 408 g/mol. The van der Waals surface area contributed by atoms with Gasteiger partial charge in [-0.15, -0.1) is 0 Å². The maximum atomic E-state index is 12.8. The topological polar surface area (TPSA) is 58.6 Å². The number of hydrogen-bond acceptors (Lipinski definition) is 4. The van der Waals surface area contributed by atoms with E-state index in [1.807, 2.05) is 49.4 Å². The number of carbonyl (C=O) groups is 2. The zero-order valence-electron chi connectivity index (χ0n) is 18.1. The number of methoxy groups -OCH3 is 1. The summed E-state index contributed by atoms with van der Waals surface area (Å²) in [4.78, 5) is 27.6. The molecule has 1 aliphatic heterocycles. The number of carbonyl (C=O) groups excluding carboxylic acids is 2. The second-order valence-corrected chi connectivity index (χ2v) is 8.14. The van der Waals surface area contributed by atoms with Crippen molar-refractivity contribution in [2.75, 3.05) is 26.7 Å². The van der Waals surface area contributed by atoms with Gasteiger partial charge in [-0.2, -0.15) is 0 Å². The lowest BCUT2D eigenvalue weighted by molar-refractivity contribution is -0.126. The fraction of sp³-hybridized carbons (Fsp3) is 0.440. The number of nitrogens with zero attached hydrogens (tertiary/aromatic N) is 1. The van der Waals surface area contributed by atoms with Gasteiger partial charge in [0.25, 0.3) is 0 Å². The molecular weight excluding hydrogens is 376 g/mol. The van der Waals surface area contributed by atoms with Crippen molar-refractivity contribution >= 4 is 11.7 Å². The van der Waals surface area contributed by atoms with E-state index in [1.165, 1.54) is 5.56 Å². The maximum Gasteiger partial charge on any atom is 0.237 e. The van der Waals surface area contributed by atoms with E-state index >= 15 is 0 Å². The lowest BCUT2D eigenvalue weighted by atomic mass is 9.88. The molecule has 0 aromatic heterocycles. The van der Waals surface area contributed by atoms with Crippen LogP contribution in [0.4, 0.5) is 0 Å². The second-order valence-electron chi connectivity index (χ2n) is 8.14. The van der Waals surface area contributed by atoms with Crippen molar-refractivity contribution in [2.24, 2.45) is 5.92 Å². The number of Topliss-reactive ketones (excluding diaryl/α,β-unsaturated/α-hetero) is 1. The van der Waals surface area contributed by atoms with Crippen molar-refractivity contribution in [1.82, 2.24) is 10.2 Å². The summed E-state index contributed by atoms with van der Waals surface area (Å²) in [6, 6.07) is 17.3. The molecule has 1 saturated heterocycles. The first-order chi connectivity index (χ1) is 14.5. The van der Waals surface area contributed by atoms with Crippen molar-refractivity contribution in [3.63, 3.8) is 0 Å². The van der Waals surface area contributed by atoms with Crippen LogP contribution in [0, 0.1) is 5.92 Å². The Balaban J connectivity index is 1.46. The standard InChI is InChI=1S/C25H32N2O3/c1-18(20-7-5-4-6-8-20)17-26-25(29)19(2)27-15-13-22(14-16-27)24(28)21-9-11-23(30-3)12-10-21/h4-12,18-19,22H,13-17H2,1-3H3,(H,26,29)/t18-,19+/m0/s1. The predicted octanol–water partition coefficient (Wildman–Crippen LogP) is 3.90. The van der Waals surface area contributed by atoms with Crippen LogP contribution in [0.2, 0.25) is 0 Å². The SMILES string of the molecule is COc1ccc(C(=O)C2CCN([C@H](C)C(=O)NC[C@H](C)c3ccccc3)CC2)cc1. The molecular formula is C25H32N2O3. The number of amides is 1. The Labute approximate surface area is 179 Å². The van der Waals surface area contributed by atoms with E-state index in [-0.39, 0.29) is 29.6 Å². The van der Waals surface area contributed by atoms with Gasteiger partial charge in [-0.3, -0.25) is 14.5 Å². The summed E-state index contributed by atoms with van der Waals surface area (Å²) in [7, 11) is 1.62. The summed E-state index contributed by atoms with van der Waals surface area (Å²) in [6.07, 6.45) is 1.56. The van der Waals surface area contributed by atoms with Crippen LogP contribution in [0.5, 0.6) is 5.75 Å². The highest BCUT2D eigenvalue weighted by atomic mass is 16.5. The number of ether oxygens (including phenoxy) is 1. The van der Waals surface area contributed by atoms with E-state index in [0.717, 1.165) is 37.2 Å². The second kappa shape index (κ2) is 10.4. The lowest BCUT2D eigenvalue weighted by Crippen LogP contribution is -2.49. The minimum atomic E-state index is -0.190. The summed E-state index contributed by atoms with van der Waals surface area (Å²) >= 11 is 0. The summed E-state index contributed by atoms with van der Waals surface area (Å²) < 4.78 is 5.16. The first kappa shape index (κ1) is 22.0.